The molecule has 7 rings (SSSR count). The molecular weight excluding hydrogens is 390 g/mol. The van der Waals surface area contributed by atoms with Crippen molar-refractivity contribution >= 4 is 27.0 Å². The number of nitrogens with two attached hydrogens (primary N) is 1. The Hall–Kier alpha value is -2.04. The number of hydrogen-bond acceptors (Lipinski definition) is 5. The van der Waals surface area contributed by atoms with Gasteiger partial charge >= 0.3 is 0 Å². The van der Waals surface area contributed by atoms with Crippen molar-refractivity contribution in [2.24, 2.45) is 10.6 Å². The van der Waals surface area contributed by atoms with Gasteiger partial charge in [-0.25, -0.2) is 10.1 Å². The van der Waals surface area contributed by atoms with Crippen molar-refractivity contribution in [3.8, 4) is 0 Å². The molecule has 3 N–H and O–H groups in total. The summed E-state index contributed by atoms with van der Waals surface area (Å²) in [6, 6.07) is 2.07. The van der Waals surface area contributed by atoms with Gasteiger partial charge in [-0.3, -0.25) is 4.40 Å². The Morgan fingerprint density at radius 1 is 1.14 bits per heavy atom. The molecule has 0 aromatic carbocycles. The maximum Gasteiger partial charge on any atom is 0.277 e. The number of aromatic amines is 1. The summed E-state index contributed by atoms with van der Waals surface area (Å²) in [6.45, 7) is 0.559. The molecule has 1 saturated heterocycles. The van der Waals surface area contributed by atoms with Gasteiger partial charge in [0.15, 0.2) is 11.3 Å². The van der Waals surface area contributed by atoms with Gasteiger partial charge in [0.2, 0.25) is 0 Å². The Balaban J connectivity index is 1.37. The van der Waals surface area contributed by atoms with Gasteiger partial charge in [0.25, 0.3) is 10.2 Å². The van der Waals surface area contributed by atoms with E-state index in [0.29, 0.717) is 6.54 Å². The zero-order valence-corrected chi connectivity index (χ0v) is 17.0. The van der Waals surface area contributed by atoms with E-state index in [1.54, 1.807) is 10.5 Å². The van der Waals surface area contributed by atoms with Crippen molar-refractivity contribution in [2.75, 3.05) is 6.54 Å². The minimum Gasteiger partial charge on any atom is -0.345 e. The third-order valence-electron chi connectivity index (χ3n) is 7.96. The van der Waals surface area contributed by atoms with Crippen LogP contribution in [0.2, 0.25) is 0 Å². The smallest absolute Gasteiger partial charge is 0.277 e. The van der Waals surface area contributed by atoms with E-state index in [0.717, 1.165) is 74.0 Å². The lowest BCUT2D eigenvalue weighted by atomic mass is 9.51. The highest BCUT2D eigenvalue weighted by molar-refractivity contribution is 7.86. The van der Waals surface area contributed by atoms with Crippen LogP contribution in [0.1, 0.15) is 57.2 Å². The van der Waals surface area contributed by atoms with E-state index in [9.17, 15) is 8.42 Å². The molecule has 4 aliphatic rings. The molecule has 0 amide bonds. The second-order valence-corrected chi connectivity index (χ2v) is 10.6. The van der Waals surface area contributed by atoms with E-state index >= 15 is 0 Å². The quantitative estimate of drug-likeness (QED) is 0.676. The van der Waals surface area contributed by atoms with Gasteiger partial charge in [0.05, 0.1) is 11.7 Å². The summed E-state index contributed by atoms with van der Waals surface area (Å²) in [6.07, 6.45) is 11.6. The van der Waals surface area contributed by atoms with Crippen LogP contribution in [0, 0.1) is 5.41 Å². The van der Waals surface area contributed by atoms with Gasteiger partial charge in [-0.1, -0.05) is 0 Å². The molecular formula is C19H25N7O2S. The van der Waals surface area contributed by atoms with Crippen LogP contribution in [0.3, 0.4) is 0 Å². The molecule has 29 heavy (non-hydrogen) atoms. The van der Waals surface area contributed by atoms with Crippen molar-refractivity contribution < 1.29 is 8.42 Å². The van der Waals surface area contributed by atoms with Crippen LogP contribution in [0.5, 0.6) is 0 Å². The van der Waals surface area contributed by atoms with Gasteiger partial charge < -0.3 is 4.98 Å². The summed E-state index contributed by atoms with van der Waals surface area (Å²) in [5, 5.41) is 14.6. The van der Waals surface area contributed by atoms with Gasteiger partial charge in [-0.2, -0.15) is 12.7 Å². The molecule has 1 unspecified atom stereocenters. The highest BCUT2D eigenvalue weighted by atomic mass is 32.2. The van der Waals surface area contributed by atoms with E-state index in [1.807, 2.05) is 12.3 Å². The van der Waals surface area contributed by atoms with Crippen molar-refractivity contribution in [1.29, 1.82) is 0 Å². The Morgan fingerprint density at radius 3 is 2.62 bits per heavy atom. The summed E-state index contributed by atoms with van der Waals surface area (Å²) in [4.78, 5) is 7.60. The van der Waals surface area contributed by atoms with Gasteiger partial charge in [0, 0.05) is 24.2 Å². The Kier molecular flexibility index (Phi) is 3.54. The summed E-state index contributed by atoms with van der Waals surface area (Å²) in [7, 11) is -3.64. The number of aromatic nitrogens is 5. The number of fused-ring (bicyclic) bond motifs is 6. The van der Waals surface area contributed by atoms with E-state index in [4.69, 9.17) is 5.14 Å². The van der Waals surface area contributed by atoms with E-state index in [2.05, 4.69) is 24.6 Å². The molecule has 2 bridgehead atoms. The molecule has 10 heteroatoms. The number of nitrogens with zero attached hydrogens (tertiary/aromatic N) is 5. The summed E-state index contributed by atoms with van der Waals surface area (Å²) in [5.74, 6) is 1.03. The van der Waals surface area contributed by atoms with Crippen molar-refractivity contribution in [3.63, 3.8) is 0 Å². The van der Waals surface area contributed by atoms with Gasteiger partial charge in [-0.05, 0) is 62.8 Å². The average molecular weight is 416 g/mol. The predicted molar refractivity (Wildman–Crippen MR) is 107 cm³/mol. The molecule has 3 aliphatic carbocycles. The minimum atomic E-state index is -3.64. The van der Waals surface area contributed by atoms with Crippen LogP contribution in [-0.2, 0) is 15.6 Å². The van der Waals surface area contributed by atoms with Crippen LogP contribution in [0.15, 0.2) is 18.5 Å². The lowest BCUT2D eigenvalue weighted by molar-refractivity contribution is -0.00919. The van der Waals surface area contributed by atoms with Crippen molar-refractivity contribution in [2.45, 2.75) is 62.8 Å². The third kappa shape index (κ3) is 2.39. The highest BCUT2D eigenvalue weighted by Crippen LogP contribution is 2.60. The molecule has 4 fully saturated rings. The lowest BCUT2D eigenvalue weighted by Crippen LogP contribution is -2.55. The molecule has 154 valence electrons. The van der Waals surface area contributed by atoms with E-state index in [-0.39, 0.29) is 16.9 Å². The predicted octanol–water partition coefficient (Wildman–Crippen LogP) is 1.87. The largest absolute Gasteiger partial charge is 0.345 e. The fourth-order valence-corrected chi connectivity index (χ4v) is 7.49. The third-order valence-corrected chi connectivity index (χ3v) is 9.05. The standard InChI is InChI=1S/C19H25N7O2S/c20-29(27,28)25-11-1-2-14(25)18-4-7-19(8-5-18,9-6-18)17-24-23-15-12-22-16-13(26(15)17)3-10-21-16/h3,10,12,14,21H,1-2,4-9,11H2,(H2,20,27,28). The first kappa shape index (κ1) is 17.8. The fraction of sp³-hybridized carbons (Fsp3) is 0.632. The number of rotatable bonds is 3. The van der Waals surface area contributed by atoms with Crippen LogP contribution in [0.25, 0.3) is 16.8 Å². The molecule has 9 nitrogen and oxygen atoms in total. The molecule has 0 spiro atoms. The Morgan fingerprint density at radius 2 is 1.90 bits per heavy atom. The van der Waals surface area contributed by atoms with Gasteiger partial charge in [-0.15, -0.1) is 10.2 Å². The summed E-state index contributed by atoms with van der Waals surface area (Å²) < 4.78 is 28.0. The normalized spacial score (nSPS) is 33.2. The second kappa shape index (κ2) is 5.77. The van der Waals surface area contributed by atoms with Crippen molar-refractivity contribution in [1.82, 2.24) is 28.9 Å². The second-order valence-electron chi connectivity index (χ2n) is 9.14. The van der Waals surface area contributed by atoms with Crippen LogP contribution < -0.4 is 5.14 Å². The number of nitrogens with one attached hydrogen (secondary N) is 1. The first-order valence-corrected chi connectivity index (χ1v) is 11.9. The lowest BCUT2D eigenvalue weighted by Gasteiger charge is -2.56. The SMILES string of the molecule is NS(=O)(=O)N1CCCC1C12CCC(c3nnc4cnc5[nH]ccc5n34)(CC1)CC2. The Labute approximate surface area is 168 Å². The summed E-state index contributed by atoms with van der Waals surface area (Å²) in [5.41, 5.74) is 2.68. The first-order chi connectivity index (χ1) is 13.9. The van der Waals surface area contributed by atoms with Crippen molar-refractivity contribution in [3.05, 3.63) is 24.3 Å². The van der Waals surface area contributed by atoms with Crippen LogP contribution in [-0.4, -0.2) is 49.9 Å². The fourth-order valence-electron chi connectivity index (χ4n) is 6.43. The summed E-state index contributed by atoms with van der Waals surface area (Å²) >= 11 is 0. The molecule has 3 saturated carbocycles. The molecule has 1 atom stereocenters. The maximum absolute atomic E-state index is 12.1. The maximum atomic E-state index is 12.1. The number of H-pyrrole nitrogens is 1. The molecule has 3 aromatic rings. The molecule has 3 aromatic heterocycles. The molecule has 1 aliphatic heterocycles. The molecule has 4 heterocycles. The van der Waals surface area contributed by atoms with Crippen LogP contribution in [0.4, 0.5) is 0 Å². The first-order valence-electron chi connectivity index (χ1n) is 10.4. The van der Waals surface area contributed by atoms with E-state index in [1.165, 1.54) is 0 Å². The van der Waals surface area contributed by atoms with Gasteiger partial charge in [0.1, 0.15) is 5.82 Å². The Bertz CT molecular complexity index is 1190. The zero-order chi connectivity index (χ0) is 19.9. The zero-order valence-electron chi connectivity index (χ0n) is 16.2. The molecule has 0 radical (unpaired) electrons. The van der Waals surface area contributed by atoms with E-state index < -0.39 is 10.2 Å². The average Bonchev–Trinajstić information content (AvgIpc) is 3.46. The minimum absolute atomic E-state index is 0.00224. The monoisotopic (exact) mass is 415 g/mol. The highest BCUT2D eigenvalue weighted by Gasteiger charge is 2.57. The van der Waals surface area contributed by atoms with Crippen LogP contribution >= 0.6 is 0 Å². The number of hydrogen-bond donors (Lipinski definition) is 2. The topological polar surface area (TPSA) is 122 Å².